The molecule has 4 atom stereocenters. The Morgan fingerprint density at radius 2 is 1.79 bits per heavy atom. The first kappa shape index (κ1) is 29.8. The molecular formula is C29H36Cl2N2O5S. The number of carbonyl (C=O) groups excluding carboxylic acids is 1. The average Bonchev–Trinajstić information content (AvgIpc) is 3.72. The first-order chi connectivity index (χ1) is 18.4. The number of likely N-dealkylation sites (tertiary alicyclic amines) is 1. The topological polar surface area (TPSA) is 95.0 Å². The molecule has 2 aromatic rings. The molecule has 212 valence electrons. The van der Waals surface area contributed by atoms with Crippen LogP contribution in [0, 0.1) is 5.41 Å². The standard InChI is InChI=1S/C29H36Cl2N2O5S/c1-4-6-23(18-32(3)39(37,38)24-13-14-24)33-27(19-9-11-21(30)12-10-19)25(20-7-5-8-22(31)15-20)16-29(2,28(33)36)17-26(34)35/h5,7-12,15,23-25,27H,4,6,13-14,16-18H2,1-3H3,(H,34,35)/t23-,25+,27+,29+/m0/s1. The van der Waals surface area contributed by atoms with Crippen LogP contribution in [0.5, 0.6) is 0 Å². The molecule has 2 aromatic carbocycles. The van der Waals surface area contributed by atoms with Crippen molar-refractivity contribution >= 4 is 45.1 Å². The lowest BCUT2D eigenvalue weighted by atomic mass is 9.67. The molecule has 0 unspecified atom stereocenters. The number of carboxylic acid groups (broad SMARTS) is 1. The van der Waals surface area contributed by atoms with Crippen molar-refractivity contribution in [3.05, 3.63) is 69.7 Å². The molecule has 1 aliphatic heterocycles. The van der Waals surface area contributed by atoms with E-state index in [2.05, 4.69) is 0 Å². The largest absolute Gasteiger partial charge is 0.481 e. The van der Waals surface area contributed by atoms with Gasteiger partial charge in [-0.3, -0.25) is 9.59 Å². The van der Waals surface area contributed by atoms with E-state index in [9.17, 15) is 23.1 Å². The Bertz CT molecular complexity index is 1320. The highest BCUT2D eigenvalue weighted by Gasteiger charge is 2.53. The normalized spacial score (nSPS) is 24.7. The predicted octanol–water partition coefficient (Wildman–Crippen LogP) is 6.12. The molecule has 2 aliphatic rings. The number of amides is 1. The number of aliphatic carboxylic acids is 1. The van der Waals surface area contributed by atoms with Crippen molar-refractivity contribution in [3.63, 3.8) is 0 Å². The minimum Gasteiger partial charge on any atom is -0.481 e. The zero-order valence-electron chi connectivity index (χ0n) is 22.5. The summed E-state index contributed by atoms with van der Waals surface area (Å²) in [6, 6.07) is 13.8. The van der Waals surface area contributed by atoms with Gasteiger partial charge in [0.15, 0.2) is 0 Å². The molecule has 7 nitrogen and oxygen atoms in total. The highest BCUT2D eigenvalue weighted by Crippen LogP contribution is 2.52. The highest BCUT2D eigenvalue weighted by molar-refractivity contribution is 7.90. The van der Waals surface area contributed by atoms with E-state index in [0.29, 0.717) is 35.7 Å². The summed E-state index contributed by atoms with van der Waals surface area (Å²) in [7, 11) is -1.90. The van der Waals surface area contributed by atoms with Gasteiger partial charge in [0.2, 0.25) is 15.9 Å². The molecule has 2 fully saturated rings. The van der Waals surface area contributed by atoms with Crippen LogP contribution in [-0.4, -0.2) is 59.5 Å². The molecule has 1 aliphatic carbocycles. The van der Waals surface area contributed by atoms with Crippen molar-refractivity contribution in [2.45, 2.75) is 75.6 Å². The zero-order valence-corrected chi connectivity index (χ0v) is 24.8. The molecule has 0 radical (unpaired) electrons. The number of likely N-dealkylation sites (N-methyl/N-ethyl adjacent to an activating group) is 1. The Morgan fingerprint density at radius 3 is 2.36 bits per heavy atom. The monoisotopic (exact) mass is 594 g/mol. The Morgan fingerprint density at radius 1 is 1.13 bits per heavy atom. The van der Waals surface area contributed by atoms with Crippen molar-refractivity contribution in [3.8, 4) is 0 Å². The Kier molecular flexibility index (Phi) is 9.01. The predicted molar refractivity (Wildman–Crippen MR) is 153 cm³/mol. The molecule has 1 N–H and O–H groups in total. The lowest BCUT2D eigenvalue weighted by molar-refractivity contribution is -0.161. The van der Waals surface area contributed by atoms with Crippen molar-refractivity contribution in [1.82, 2.24) is 9.21 Å². The lowest BCUT2D eigenvalue weighted by Crippen LogP contribution is -2.58. The van der Waals surface area contributed by atoms with Crippen LogP contribution in [0.1, 0.15) is 75.5 Å². The first-order valence-electron chi connectivity index (χ1n) is 13.4. The summed E-state index contributed by atoms with van der Waals surface area (Å²) in [5, 5.41) is 10.6. The number of piperidine rings is 1. The number of carboxylic acids is 1. The number of nitrogens with zero attached hydrogens (tertiary/aromatic N) is 2. The second-order valence-corrected chi connectivity index (χ2v) is 14.4. The van der Waals surface area contributed by atoms with E-state index in [1.54, 1.807) is 37.1 Å². The van der Waals surface area contributed by atoms with Gasteiger partial charge in [-0.15, -0.1) is 0 Å². The quantitative estimate of drug-likeness (QED) is 0.338. The van der Waals surface area contributed by atoms with E-state index >= 15 is 0 Å². The number of hydrogen-bond donors (Lipinski definition) is 1. The van der Waals surface area contributed by atoms with Crippen LogP contribution < -0.4 is 0 Å². The van der Waals surface area contributed by atoms with Crippen molar-refractivity contribution in [2.75, 3.05) is 13.6 Å². The maximum absolute atomic E-state index is 14.4. The van der Waals surface area contributed by atoms with Gasteiger partial charge >= 0.3 is 5.97 Å². The van der Waals surface area contributed by atoms with Gasteiger partial charge in [0.1, 0.15) is 0 Å². The van der Waals surface area contributed by atoms with E-state index in [1.165, 1.54) is 4.31 Å². The summed E-state index contributed by atoms with van der Waals surface area (Å²) in [4.78, 5) is 28.2. The fourth-order valence-corrected chi connectivity index (χ4v) is 7.90. The van der Waals surface area contributed by atoms with Crippen molar-refractivity contribution in [2.24, 2.45) is 5.41 Å². The van der Waals surface area contributed by atoms with E-state index in [-0.39, 0.29) is 30.0 Å². The number of halogens is 2. The number of carbonyl (C=O) groups is 2. The van der Waals surface area contributed by atoms with Gasteiger partial charge in [-0.2, -0.15) is 0 Å². The van der Waals surface area contributed by atoms with E-state index < -0.39 is 33.5 Å². The van der Waals surface area contributed by atoms with E-state index in [0.717, 1.165) is 17.5 Å². The molecule has 1 saturated carbocycles. The van der Waals surface area contributed by atoms with Crippen molar-refractivity contribution < 1.29 is 23.1 Å². The van der Waals surface area contributed by atoms with Crippen LogP contribution in [0.4, 0.5) is 0 Å². The number of hydrogen-bond acceptors (Lipinski definition) is 4. The third kappa shape index (κ3) is 6.45. The highest BCUT2D eigenvalue weighted by atomic mass is 35.5. The van der Waals surface area contributed by atoms with Crippen molar-refractivity contribution in [1.29, 1.82) is 0 Å². The molecule has 1 saturated heterocycles. The molecule has 39 heavy (non-hydrogen) atoms. The zero-order chi connectivity index (χ0) is 28.5. The fraction of sp³-hybridized carbons (Fsp3) is 0.517. The van der Waals surface area contributed by atoms with Gasteiger partial charge in [0.25, 0.3) is 0 Å². The van der Waals surface area contributed by atoms with Crippen LogP contribution in [0.3, 0.4) is 0 Å². The van der Waals surface area contributed by atoms with Crippen LogP contribution in [0.25, 0.3) is 0 Å². The smallest absolute Gasteiger partial charge is 0.304 e. The second kappa shape index (κ2) is 11.8. The van der Waals surface area contributed by atoms with Crippen LogP contribution >= 0.6 is 23.2 Å². The van der Waals surface area contributed by atoms with Gasteiger partial charge in [0.05, 0.1) is 23.1 Å². The molecule has 4 rings (SSSR count). The fourth-order valence-electron chi connectivity index (χ4n) is 5.95. The molecular weight excluding hydrogens is 559 g/mol. The summed E-state index contributed by atoms with van der Waals surface area (Å²) < 4.78 is 27.6. The second-order valence-electron chi connectivity index (χ2n) is 11.2. The minimum absolute atomic E-state index is 0.133. The maximum Gasteiger partial charge on any atom is 0.304 e. The van der Waals surface area contributed by atoms with Gasteiger partial charge in [-0.1, -0.05) is 67.7 Å². The summed E-state index contributed by atoms with van der Waals surface area (Å²) in [5.74, 6) is -1.61. The van der Waals surface area contributed by atoms with Gasteiger partial charge in [-0.05, 0) is 61.1 Å². The molecule has 0 spiro atoms. The summed E-state index contributed by atoms with van der Waals surface area (Å²) >= 11 is 12.6. The number of sulfonamides is 1. The maximum atomic E-state index is 14.4. The molecule has 10 heteroatoms. The van der Waals surface area contributed by atoms with E-state index in [1.807, 2.05) is 37.3 Å². The third-order valence-electron chi connectivity index (χ3n) is 8.00. The van der Waals surface area contributed by atoms with Gasteiger partial charge < -0.3 is 10.0 Å². The summed E-state index contributed by atoms with van der Waals surface area (Å²) in [6.07, 6.45) is 2.55. The Balaban J connectivity index is 1.88. The SMILES string of the molecule is CCC[C@@H](CN(C)S(=O)(=O)C1CC1)N1C(=O)[C@@](C)(CC(=O)O)C[C@H](c2cccc(Cl)c2)[C@H]1c1ccc(Cl)cc1. The summed E-state index contributed by atoms with van der Waals surface area (Å²) in [6.45, 7) is 3.84. The van der Waals surface area contributed by atoms with Gasteiger partial charge in [-0.25, -0.2) is 12.7 Å². The molecule has 0 bridgehead atoms. The Hall–Kier alpha value is -2.13. The van der Waals surface area contributed by atoms with Crippen LogP contribution in [0.2, 0.25) is 10.0 Å². The number of rotatable bonds is 11. The van der Waals surface area contributed by atoms with Gasteiger partial charge in [0, 0.05) is 35.6 Å². The first-order valence-corrected chi connectivity index (χ1v) is 15.6. The summed E-state index contributed by atoms with van der Waals surface area (Å²) in [5.41, 5.74) is 0.552. The van der Waals surface area contributed by atoms with E-state index in [4.69, 9.17) is 23.2 Å². The third-order valence-corrected chi connectivity index (χ3v) is 10.8. The van der Waals surface area contributed by atoms with Crippen LogP contribution in [0.15, 0.2) is 48.5 Å². The minimum atomic E-state index is -3.48. The number of benzene rings is 2. The lowest BCUT2D eigenvalue weighted by Gasteiger charge is -2.52. The Labute approximate surface area is 241 Å². The molecule has 1 heterocycles. The van der Waals surface area contributed by atoms with Crippen LogP contribution in [-0.2, 0) is 19.6 Å². The average molecular weight is 596 g/mol. The molecule has 0 aromatic heterocycles. The molecule has 1 amide bonds.